The predicted octanol–water partition coefficient (Wildman–Crippen LogP) is 1.54. The Morgan fingerprint density at radius 3 is 3.18 bits per heavy atom. The first-order chi connectivity index (χ1) is 8.25. The summed E-state index contributed by atoms with van der Waals surface area (Å²) in [6, 6.07) is 3.23. The highest BCUT2D eigenvalue weighted by atomic mass is 16.6. The van der Waals surface area contributed by atoms with E-state index in [1.807, 2.05) is 0 Å². The lowest BCUT2D eigenvalue weighted by Gasteiger charge is -2.16. The SMILES string of the molecule is O=[N+]([O-])c1ccnc(NC2CCCNCC2)c1. The van der Waals surface area contributed by atoms with Crippen LogP contribution in [0.15, 0.2) is 18.3 Å². The van der Waals surface area contributed by atoms with Gasteiger partial charge >= 0.3 is 0 Å². The van der Waals surface area contributed by atoms with E-state index in [9.17, 15) is 10.1 Å². The molecule has 0 aliphatic carbocycles. The van der Waals surface area contributed by atoms with Gasteiger partial charge in [0.15, 0.2) is 0 Å². The van der Waals surface area contributed by atoms with E-state index in [2.05, 4.69) is 15.6 Å². The molecule has 1 saturated heterocycles. The minimum Gasteiger partial charge on any atom is -0.367 e. The van der Waals surface area contributed by atoms with Gasteiger partial charge in [0.25, 0.3) is 5.69 Å². The van der Waals surface area contributed by atoms with E-state index in [4.69, 9.17) is 0 Å². The smallest absolute Gasteiger partial charge is 0.274 e. The Morgan fingerprint density at radius 2 is 2.35 bits per heavy atom. The van der Waals surface area contributed by atoms with Crippen LogP contribution in [-0.2, 0) is 0 Å². The van der Waals surface area contributed by atoms with Gasteiger partial charge in [-0.25, -0.2) is 4.98 Å². The molecule has 1 aliphatic heterocycles. The van der Waals surface area contributed by atoms with Crippen molar-refractivity contribution in [3.05, 3.63) is 28.4 Å². The Labute approximate surface area is 99.6 Å². The largest absolute Gasteiger partial charge is 0.367 e. The molecule has 1 unspecified atom stereocenters. The summed E-state index contributed by atoms with van der Waals surface area (Å²) < 4.78 is 0. The van der Waals surface area contributed by atoms with Gasteiger partial charge in [0.1, 0.15) is 5.82 Å². The molecule has 1 fully saturated rings. The van der Waals surface area contributed by atoms with Crippen molar-refractivity contribution in [2.45, 2.75) is 25.3 Å². The Hall–Kier alpha value is -1.69. The van der Waals surface area contributed by atoms with Crippen molar-refractivity contribution >= 4 is 11.5 Å². The van der Waals surface area contributed by atoms with E-state index in [0.29, 0.717) is 11.9 Å². The zero-order chi connectivity index (χ0) is 12.1. The number of hydrogen-bond donors (Lipinski definition) is 2. The zero-order valence-corrected chi connectivity index (χ0v) is 9.56. The van der Waals surface area contributed by atoms with E-state index in [-0.39, 0.29) is 5.69 Å². The number of nitrogens with zero attached hydrogens (tertiary/aromatic N) is 2. The summed E-state index contributed by atoms with van der Waals surface area (Å²) in [5, 5.41) is 17.2. The van der Waals surface area contributed by atoms with Crippen LogP contribution in [0.25, 0.3) is 0 Å². The van der Waals surface area contributed by atoms with Crippen LogP contribution >= 0.6 is 0 Å². The number of rotatable bonds is 3. The third-order valence-corrected chi connectivity index (χ3v) is 2.88. The quantitative estimate of drug-likeness (QED) is 0.614. The van der Waals surface area contributed by atoms with Gasteiger partial charge in [-0.05, 0) is 32.4 Å². The number of pyridine rings is 1. The highest BCUT2D eigenvalue weighted by Crippen LogP contribution is 2.17. The van der Waals surface area contributed by atoms with Gasteiger partial charge in [-0.1, -0.05) is 0 Å². The van der Waals surface area contributed by atoms with Gasteiger partial charge in [0.2, 0.25) is 0 Å². The number of nitro groups is 1. The summed E-state index contributed by atoms with van der Waals surface area (Å²) in [5.41, 5.74) is 0.0780. The predicted molar refractivity (Wildman–Crippen MR) is 65.0 cm³/mol. The molecule has 1 aliphatic rings. The molecule has 0 bridgehead atoms. The minimum absolute atomic E-state index is 0.0780. The highest BCUT2D eigenvalue weighted by molar-refractivity contribution is 5.44. The highest BCUT2D eigenvalue weighted by Gasteiger charge is 2.13. The summed E-state index contributed by atoms with van der Waals surface area (Å²) in [6.07, 6.45) is 4.67. The van der Waals surface area contributed by atoms with Crippen molar-refractivity contribution in [2.75, 3.05) is 18.4 Å². The van der Waals surface area contributed by atoms with Gasteiger partial charge in [0, 0.05) is 18.3 Å². The first-order valence-corrected chi connectivity index (χ1v) is 5.83. The van der Waals surface area contributed by atoms with Gasteiger partial charge in [-0.3, -0.25) is 10.1 Å². The molecule has 0 aromatic carbocycles. The fourth-order valence-electron chi connectivity index (χ4n) is 1.98. The van der Waals surface area contributed by atoms with Crippen LogP contribution in [0.1, 0.15) is 19.3 Å². The molecule has 2 heterocycles. The molecule has 1 aromatic heterocycles. The van der Waals surface area contributed by atoms with Crippen LogP contribution in [0.5, 0.6) is 0 Å². The van der Waals surface area contributed by atoms with Gasteiger partial charge < -0.3 is 10.6 Å². The molecule has 2 N–H and O–H groups in total. The van der Waals surface area contributed by atoms with Crippen LogP contribution in [0.2, 0.25) is 0 Å². The lowest BCUT2D eigenvalue weighted by atomic mass is 10.1. The standard InChI is InChI=1S/C11H16N4O2/c16-15(17)10-4-7-13-11(8-10)14-9-2-1-5-12-6-3-9/h4,7-9,12H,1-3,5-6H2,(H,13,14). The van der Waals surface area contributed by atoms with Crippen LogP contribution in [0.3, 0.4) is 0 Å². The van der Waals surface area contributed by atoms with Gasteiger partial charge in [-0.2, -0.15) is 0 Å². The monoisotopic (exact) mass is 236 g/mol. The van der Waals surface area contributed by atoms with Crippen molar-refractivity contribution in [2.24, 2.45) is 0 Å². The van der Waals surface area contributed by atoms with E-state index >= 15 is 0 Å². The summed E-state index contributed by atoms with van der Waals surface area (Å²) in [5.74, 6) is 0.589. The topological polar surface area (TPSA) is 80.1 Å². The molecule has 1 atom stereocenters. The van der Waals surface area contributed by atoms with Crippen LogP contribution in [0, 0.1) is 10.1 Å². The number of anilines is 1. The second kappa shape index (κ2) is 5.58. The Balaban J connectivity index is 2.01. The summed E-state index contributed by atoms with van der Waals surface area (Å²) >= 11 is 0. The Kier molecular flexibility index (Phi) is 3.87. The summed E-state index contributed by atoms with van der Waals surface area (Å²) in [7, 11) is 0. The zero-order valence-electron chi connectivity index (χ0n) is 9.56. The van der Waals surface area contributed by atoms with Crippen molar-refractivity contribution in [3.63, 3.8) is 0 Å². The Morgan fingerprint density at radius 1 is 1.47 bits per heavy atom. The van der Waals surface area contributed by atoms with Crippen molar-refractivity contribution in [1.29, 1.82) is 0 Å². The minimum atomic E-state index is -0.401. The average molecular weight is 236 g/mol. The molecule has 0 spiro atoms. The molecule has 17 heavy (non-hydrogen) atoms. The van der Waals surface area contributed by atoms with Crippen LogP contribution in [0.4, 0.5) is 11.5 Å². The van der Waals surface area contributed by atoms with E-state index in [1.54, 1.807) is 0 Å². The molecule has 0 saturated carbocycles. The normalized spacial score (nSPS) is 20.6. The van der Waals surface area contributed by atoms with E-state index in [0.717, 1.165) is 32.4 Å². The molecule has 0 radical (unpaired) electrons. The van der Waals surface area contributed by atoms with E-state index < -0.39 is 4.92 Å². The van der Waals surface area contributed by atoms with E-state index in [1.165, 1.54) is 18.3 Å². The second-order valence-electron chi connectivity index (χ2n) is 4.18. The van der Waals surface area contributed by atoms with Crippen molar-refractivity contribution in [3.8, 4) is 0 Å². The molecular weight excluding hydrogens is 220 g/mol. The van der Waals surface area contributed by atoms with Crippen LogP contribution in [-0.4, -0.2) is 29.0 Å². The molecular formula is C11H16N4O2. The molecule has 1 aromatic rings. The molecule has 2 rings (SSSR count). The van der Waals surface area contributed by atoms with Crippen molar-refractivity contribution < 1.29 is 4.92 Å². The first-order valence-electron chi connectivity index (χ1n) is 5.83. The number of aromatic nitrogens is 1. The van der Waals surface area contributed by atoms with Gasteiger partial charge in [-0.15, -0.1) is 0 Å². The molecule has 92 valence electrons. The van der Waals surface area contributed by atoms with Crippen molar-refractivity contribution in [1.82, 2.24) is 10.3 Å². The van der Waals surface area contributed by atoms with Gasteiger partial charge in [0.05, 0.1) is 11.0 Å². The average Bonchev–Trinajstić information content (AvgIpc) is 2.58. The molecule has 6 nitrogen and oxygen atoms in total. The fraction of sp³-hybridized carbons (Fsp3) is 0.545. The fourth-order valence-corrected chi connectivity index (χ4v) is 1.98. The molecule has 6 heteroatoms. The lowest BCUT2D eigenvalue weighted by molar-refractivity contribution is -0.384. The first kappa shape index (κ1) is 11.8. The third-order valence-electron chi connectivity index (χ3n) is 2.88. The maximum atomic E-state index is 10.6. The summed E-state index contributed by atoms with van der Waals surface area (Å²) in [4.78, 5) is 14.3. The Bertz CT molecular complexity index is 389. The summed E-state index contributed by atoms with van der Waals surface area (Å²) in [6.45, 7) is 2.02. The number of hydrogen-bond acceptors (Lipinski definition) is 5. The number of nitrogens with one attached hydrogen (secondary N) is 2. The second-order valence-corrected chi connectivity index (χ2v) is 4.18. The van der Waals surface area contributed by atoms with Crippen LogP contribution < -0.4 is 10.6 Å². The maximum Gasteiger partial charge on any atom is 0.274 e. The third kappa shape index (κ3) is 3.39. The lowest BCUT2D eigenvalue weighted by Crippen LogP contribution is -2.22. The maximum absolute atomic E-state index is 10.6. The molecule has 0 amide bonds.